The van der Waals surface area contributed by atoms with E-state index in [4.69, 9.17) is 0 Å². The molecule has 0 heterocycles. The van der Waals surface area contributed by atoms with Gasteiger partial charge in [0.1, 0.15) is 0 Å². The van der Waals surface area contributed by atoms with E-state index in [1.165, 1.54) is 38.5 Å². The van der Waals surface area contributed by atoms with Gasteiger partial charge in [-0.3, -0.25) is 0 Å². The summed E-state index contributed by atoms with van der Waals surface area (Å²) in [5.41, 5.74) is 3.25. The summed E-state index contributed by atoms with van der Waals surface area (Å²) in [5, 5.41) is 3.64. The van der Waals surface area contributed by atoms with Crippen LogP contribution in [-0.4, -0.2) is 12.6 Å². The molecule has 0 amide bonds. The number of fused-ring (bicyclic) bond motifs is 1. The van der Waals surface area contributed by atoms with E-state index in [0.29, 0.717) is 6.04 Å². The van der Waals surface area contributed by atoms with Gasteiger partial charge in [0.25, 0.3) is 0 Å². The Labute approximate surface area is 125 Å². The van der Waals surface area contributed by atoms with Gasteiger partial charge in [0.05, 0.1) is 0 Å². The van der Waals surface area contributed by atoms with E-state index in [-0.39, 0.29) is 0 Å². The molecule has 1 aliphatic rings. The van der Waals surface area contributed by atoms with Crippen LogP contribution >= 0.6 is 0 Å². The largest absolute Gasteiger partial charge is 0.314 e. The lowest BCUT2D eigenvalue weighted by molar-refractivity contribution is 0.363. The molecular weight excluding hydrogens is 242 g/mol. The third-order valence-electron chi connectivity index (χ3n) is 4.83. The van der Waals surface area contributed by atoms with Gasteiger partial charge in [-0.25, -0.2) is 0 Å². The minimum Gasteiger partial charge on any atom is -0.314 e. The zero-order valence-corrected chi connectivity index (χ0v) is 13.5. The van der Waals surface area contributed by atoms with Crippen LogP contribution in [0, 0.1) is 5.92 Å². The number of hydrogen-bond donors (Lipinski definition) is 1. The van der Waals surface area contributed by atoms with Crippen LogP contribution in [0.4, 0.5) is 0 Å². The molecule has 2 rings (SSSR count). The molecule has 1 aromatic carbocycles. The molecule has 20 heavy (non-hydrogen) atoms. The summed E-state index contributed by atoms with van der Waals surface area (Å²) >= 11 is 0. The molecule has 0 fully saturated rings. The molecule has 0 saturated carbocycles. The van der Waals surface area contributed by atoms with Crippen LogP contribution in [-0.2, 0) is 6.42 Å². The third-order valence-corrected chi connectivity index (χ3v) is 4.83. The molecule has 0 spiro atoms. The first-order valence-electron chi connectivity index (χ1n) is 8.53. The summed E-state index contributed by atoms with van der Waals surface area (Å²) in [6.07, 6.45) is 8.11. The Morgan fingerprint density at radius 3 is 2.80 bits per heavy atom. The molecule has 0 radical (unpaired) electrons. The van der Waals surface area contributed by atoms with Crippen molar-refractivity contribution in [2.45, 2.75) is 71.3 Å². The van der Waals surface area contributed by atoms with Crippen molar-refractivity contribution in [2.24, 2.45) is 5.92 Å². The first kappa shape index (κ1) is 15.6. The second-order valence-electron chi connectivity index (χ2n) is 6.63. The quantitative estimate of drug-likeness (QED) is 0.744. The van der Waals surface area contributed by atoms with Crippen LogP contribution in [0.3, 0.4) is 0 Å². The summed E-state index contributed by atoms with van der Waals surface area (Å²) in [5.74, 6) is 1.56. The van der Waals surface area contributed by atoms with Crippen molar-refractivity contribution in [1.82, 2.24) is 5.32 Å². The Hall–Kier alpha value is -0.820. The lowest BCUT2D eigenvalue weighted by atomic mass is 9.80. The van der Waals surface area contributed by atoms with Gasteiger partial charge in [0, 0.05) is 6.04 Å². The van der Waals surface area contributed by atoms with Crippen LogP contribution < -0.4 is 5.32 Å². The average molecular weight is 273 g/mol. The molecule has 1 aromatic rings. The van der Waals surface area contributed by atoms with Crippen molar-refractivity contribution < 1.29 is 0 Å². The van der Waals surface area contributed by atoms with Gasteiger partial charge in [-0.1, -0.05) is 51.5 Å². The van der Waals surface area contributed by atoms with Crippen molar-refractivity contribution in [3.05, 3.63) is 35.4 Å². The molecule has 1 N–H and O–H groups in total. The summed E-state index contributed by atoms with van der Waals surface area (Å²) in [6.45, 7) is 7.98. The van der Waals surface area contributed by atoms with Gasteiger partial charge >= 0.3 is 0 Å². The monoisotopic (exact) mass is 273 g/mol. The van der Waals surface area contributed by atoms with Crippen LogP contribution in [0.2, 0.25) is 0 Å². The van der Waals surface area contributed by atoms with Crippen molar-refractivity contribution in [3.63, 3.8) is 0 Å². The van der Waals surface area contributed by atoms with Crippen molar-refractivity contribution >= 4 is 0 Å². The fourth-order valence-corrected chi connectivity index (χ4v) is 3.67. The lowest BCUT2D eigenvalue weighted by Crippen LogP contribution is -2.33. The van der Waals surface area contributed by atoms with Gasteiger partial charge < -0.3 is 5.32 Å². The number of nitrogens with one attached hydrogen (secondary N) is 1. The first-order chi connectivity index (χ1) is 9.72. The maximum Gasteiger partial charge on any atom is 0.00899 e. The average Bonchev–Trinajstić information content (AvgIpc) is 2.46. The van der Waals surface area contributed by atoms with Crippen LogP contribution in [0.25, 0.3) is 0 Å². The predicted octanol–water partition coefficient (Wildman–Crippen LogP) is 4.91. The highest BCUT2D eigenvalue weighted by molar-refractivity contribution is 5.32. The van der Waals surface area contributed by atoms with Gasteiger partial charge in [-0.05, 0) is 61.6 Å². The molecule has 0 aliphatic heterocycles. The fraction of sp³-hybridized carbons (Fsp3) is 0.684. The molecule has 0 aromatic heterocycles. The van der Waals surface area contributed by atoms with Crippen molar-refractivity contribution in [3.8, 4) is 0 Å². The molecule has 112 valence electrons. The standard InChI is InChI=1S/C19H31N/c1-4-20-19(15(2)3)14-8-12-17-11-7-10-16-9-5-6-13-18(16)17/h5-6,9,13,15,17,19-20H,4,7-8,10-12,14H2,1-3H3. The number of aryl methyl sites for hydroxylation is 1. The van der Waals surface area contributed by atoms with E-state index in [2.05, 4.69) is 50.4 Å². The zero-order valence-electron chi connectivity index (χ0n) is 13.5. The Kier molecular flexibility index (Phi) is 6.09. The maximum atomic E-state index is 3.64. The predicted molar refractivity (Wildman–Crippen MR) is 88.3 cm³/mol. The Balaban J connectivity index is 1.86. The molecule has 2 atom stereocenters. The molecular formula is C19H31N. The van der Waals surface area contributed by atoms with E-state index in [0.717, 1.165) is 18.4 Å². The maximum absolute atomic E-state index is 3.64. The minimum atomic E-state index is 0.693. The normalized spacial score (nSPS) is 19.9. The van der Waals surface area contributed by atoms with Gasteiger partial charge in [-0.15, -0.1) is 0 Å². The Morgan fingerprint density at radius 1 is 1.25 bits per heavy atom. The highest BCUT2D eigenvalue weighted by Crippen LogP contribution is 2.35. The minimum absolute atomic E-state index is 0.693. The fourth-order valence-electron chi connectivity index (χ4n) is 3.67. The van der Waals surface area contributed by atoms with Crippen LogP contribution in [0.15, 0.2) is 24.3 Å². The summed E-state index contributed by atoms with van der Waals surface area (Å²) in [6, 6.07) is 9.80. The van der Waals surface area contributed by atoms with Crippen molar-refractivity contribution in [1.29, 1.82) is 0 Å². The van der Waals surface area contributed by atoms with Gasteiger partial charge in [-0.2, -0.15) is 0 Å². The summed E-state index contributed by atoms with van der Waals surface area (Å²) in [7, 11) is 0. The Morgan fingerprint density at radius 2 is 2.05 bits per heavy atom. The molecule has 0 bridgehead atoms. The van der Waals surface area contributed by atoms with E-state index in [1.807, 2.05) is 0 Å². The molecule has 0 saturated heterocycles. The molecule has 1 heteroatoms. The summed E-state index contributed by atoms with van der Waals surface area (Å²) in [4.78, 5) is 0. The second-order valence-corrected chi connectivity index (χ2v) is 6.63. The first-order valence-corrected chi connectivity index (χ1v) is 8.53. The van der Waals surface area contributed by atoms with E-state index >= 15 is 0 Å². The number of rotatable bonds is 7. The zero-order chi connectivity index (χ0) is 14.4. The van der Waals surface area contributed by atoms with Gasteiger partial charge in [0.2, 0.25) is 0 Å². The van der Waals surface area contributed by atoms with Crippen LogP contribution in [0.5, 0.6) is 0 Å². The number of benzene rings is 1. The second kappa shape index (κ2) is 7.83. The summed E-state index contributed by atoms with van der Waals surface area (Å²) < 4.78 is 0. The smallest absolute Gasteiger partial charge is 0.00899 e. The Bertz CT molecular complexity index is 397. The topological polar surface area (TPSA) is 12.0 Å². The third kappa shape index (κ3) is 4.09. The molecule has 1 aliphatic carbocycles. The van der Waals surface area contributed by atoms with E-state index in [9.17, 15) is 0 Å². The van der Waals surface area contributed by atoms with Gasteiger partial charge in [0.15, 0.2) is 0 Å². The van der Waals surface area contributed by atoms with E-state index < -0.39 is 0 Å². The highest BCUT2D eigenvalue weighted by atomic mass is 14.9. The molecule has 2 unspecified atom stereocenters. The molecule has 1 nitrogen and oxygen atoms in total. The SMILES string of the molecule is CCNC(CCCC1CCCc2ccccc21)C(C)C. The van der Waals surface area contributed by atoms with Crippen molar-refractivity contribution in [2.75, 3.05) is 6.54 Å². The van der Waals surface area contributed by atoms with Crippen LogP contribution in [0.1, 0.15) is 69.9 Å². The van der Waals surface area contributed by atoms with E-state index in [1.54, 1.807) is 11.1 Å². The number of hydrogen-bond acceptors (Lipinski definition) is 1. The highest BCUT2D eigenvalue weighted by Gasteiger charge is 2.20. The lowest BCUT2D eigenvalue weighted by Gasteiger charge is -2.27.